The van der Waals surface area contributed by atoms with Crippen LogP contribution in [-0.4, -0.2) is 35.0 Å². The largest absolute Gasteiger partial charge is 0.490 e. The van der Waals surface area contributed by atoms with Gasteiger partial charge in [0.15, 0.2) is 0 Å². The molecule has 2 heterocycles. The molecule has 5 heteroatoms. The number of carbonyl (C=O) groups is 1. The fraction of sp³-hybridized carbons (Fsp3) is 0.250. The topological polar surface area (TPSA) is 51.7 Å². The number of rotatable bonds is 6. The maximum Gasteiger partial charge on any atom is 0.227 e. The maximum absolute atomic E-state index is 12.5. The van der Waals surface area contributed by atoms with Gasteiger partial charge in [-0.15, -0.1) is 0 Å². The van der Waals surface area contributed by atoms with E-state index in [0.29, 0.717) is 6.42 Å². The van der Waals surface area contributed by atoms with E-state index in [2.05, 4.69) is 4.98 Å². The first-order valence-electron chi connectivity index (χ1n) is 9.92. The molecule has 1 aromatic heterocycles. The van der Waals surface area contributed by atoms with E-state index < -0.39 is 0 Å². The summed E-state index contributed by atoms with van der Waals surface area (Å²) in [5, 5.41) is 0. The van der Waals surface area contributed by atoms with E-state index in [1.807, 2.05) is 71.6 Å². The third-order valence-electron chi connectivity index (χ3n) is 4.98. The zero-order chi connectivity index (χ0) is 19.9. The molecule has 1 aliphatic rings. The summed E-state index contributed by atoms with van der Waals surface area (Å²) < 4.78 is 11.9. The number of carbonyl (C=O) groups excluding carboxylic acids is 1. The Labute approximate surface area is 170 Å². The Kier molecular flexibility index (Phi) is 6.05. The summed E-state index contributed by atoms with van der Waals surface area (Å²) in [4.78, 5) is 18.5. The summed E-state index contributed by atoms with van der Waals surface area (Å²) in [5.74, 6) is 2.56. The average Bonchev–Trinajstić information content (AvgIpc) is 2.77. The van der Waals surface area contributed by atoms with Crippen LogP contribution in [0.1, 0.15) is 18.4 Å². The Bertz CT molecular complexity index is 906. The average molecular weight is 388 g/mol. The van der Waals surface area contributed by atoms with E-state index in [0.717, 1.165) is 48.7 Å². The molecule has 1 saturated heterocycles. The lowest BCUT2D eigenvalue weighted by molar-refractivity contribution is -0.132. The number of nitrogens with zero attached hydrogens (tertiary/aromatic N) is 2. The Morgan fingerprint density at radius 3 is 2.28 bits per heavy atom. The van der Waals surface area contributed by atoms with Gasteiger partial charge in [0.2, 0.25) is 5.91 Å². The molecule has 2 aromatic carbocycles. The number of hydrogen-bond donors (Lipinski definition) is 0. The molecule has 1 aliphatic heterocycles. The SMILES string of the molecule is O=C(Cc1cccnc1)N1CCC(Oc2ccc(Oc3ccccc3)cc2)CC1. The number of aromatic nitrogens is 1. The first-order valence-corrected chi connectivity index (χ1v) is 9.92. The van der Waals surface area contributed by atoms with Crippen molar-refractivity contribution in [3.8, 4) is 17.2 Å². The molecule has 0 aliphatic carbocycles. The van der Waals surface area contributed by atoms with E-state index in [4.69, 9.17) is 9.47 Å². The summed E-state index contributed by atoms with van der Waals surface area (Å²) in [6.45, 7) is 1.44. The number of amides is 1. The lowest BCUT2D eigenvalue weighted by atomic mass is 10.1. The van der Waals surface area contributed by atoms with Crippen molar-refractivity contribution in [3.63, 3.8) is 0 Å². The molecule has 0 atom stereocenters. The van der Waals surface area contributed by atoms with Crippen molar-refractivity contribution in [1.82, 2.24) is 9.88 Å². The lowest BCUT2D eigenvalue weighted by Crippen LogP contribution is -2.42. The van der Waals surface area contributed by atoms with E-state index >= 15 is 0 Å². The highest BCUT2D eigenvalue weighted by Gasteiger charge is 2.24. The van der Waals surface area contributed by atoms with Gasteiger partial charge in [-0.2, -0.15) is 0 Å². The van der Waals surface area contributed by atoms with Gasteiger partial charge in [-0.3, -0.25) is 9.78 Å². The van der Waals surface area contributed by atoms with Crippen LogP contribution in [0.5, 0.6) is 17.2 Å². The van der Waals surface area contributed by atoms with Gasteiger partial charge in [0, 0.05) is 38.3 Å². The number of ether oxygens (including phenoxy) is 2. The first kappa shape index (κ1) is 19.0. The molecule has 4 rings (SSSR count). The van der Waals surface area contributed by atoms with Crippen molar-refractivity contribution in [1.29, 1.82) is 0 Å². The third kappa shape index (κ3) is 5.35. The molecule has 0 radical (unpaired) electrons. The van der Waals surface area contributed by atoms with Crippen LogP contribution in [0.4, 0.5) is 0 Å². The highest BCUT2D eigenvalue weighted by atomic mass is 16.5. The van der Waals surface area contributed by atoms with Crippen LogP contribution in [0.25, 0.3) is 0 Å². The van der Waals surface area contributed by atoms with E-state index in [1.54, 1.807) is 12.4 Å². The van der Waals surface area contributed by atoms with Crippen molar-refractivity contribution < 1.29 is 14.3 Å². The zero-order valence-electron chi connectivity index (χ0n) is 16.2. The van der Waals surface area contributed by atoms with Crippen molar-refractivity contribution in [2.45, 2.75) is 25.4 Å². The van der Waals surface area contributed by atoms with Crippen molar-refractivity contribution in [2.75, 3.05) is 13.1 Å². The fourth-order valence-corrected chi connectivity index (χ4v) is 3.42. The Morgan fingerprint density at radius 2 is 1.59 bits per heavy atom. The molecule has 1 amide bonds. The third-order valence-corrected chi connectivity index (χ3v) is 4.98. The molecule has 148 valence electrons. The molecule has 29 heavy (non-hydrogen) atoms. The number of piperidine rings is 1. The highest BCUT2D eigenvalue weighted by Crippen LogP contribution is 2.25. The van der Waals surface area contributed by atoms with E-state index in [1.165, 1.54) is 0 Å². The monoisotopic (exact) mass is 388 g/mol. The number of benzene rings is 2. The van der Waals surface area contributed by atoms with Crippen molar-refractivity contribution in [2.24, 2.45) is 0 Å². The minimum Gasteiger partial charge on any atom is -0.490 e. The van der Waals surface area contributed by atoms with Crippen molar-refractivity contribution >= 4 is 5.91 Å². The molecular weight excluding hydrogens is 364 g/mol. The molecule has 3 aromatic rings. The lowest BCUT2D eigenvalue weighted by Gasteiger charge is -2.32. The van der Waals surface area contributed by atoms with Gasteiger partial charge >= 0.3 is 0 Å². The molecule has 0 N–H and O–H groups in total. The van der Waals surface area contributed by atoms with Crippen LogP contribution < -0.4 is 9.47 Å². The summed E-state index contributed by atoms with van der Waals surface area (Å²) >= 11 is 0. The van der Waals surface area contributed by atoms with Gasteiger partial charge in [0.1, 0.15) is 23.4 Å². The summed E-state index contributed by atoms with van der Waals surface area (Å²) in [7, 11) is 0. The number of pyridine rings is 1. The first-order chi connectivity index (χ1) is 14.3. The van der Waals surface area contributed by atoms with Gasteiger partial charge in [-0.25, -0.2) is 0 Å². The van der Waals surface area contributed by atoms with Gasteiger partial charge < -0.3 is 14.4 Å². The second-order valence-electron chi connectivity index (χ2n) is 7.12. The van der Waals surface area contributed by atoms with Crippen LogP contribution in [0.2, 0.25) is 0 Å². The van der Waals surface area contributed by atoms with Gasteiger partial charge in [-0.1, -0.05) is 24.3 Å². The van der Waals surface area contributed by atoms with Crippen LogP contribution in [0.15, 0.2) is 79.1 Å². The molecule has 0 saturated carbocycles. The fourth-order valence-electron chi connectivity index (χ4n) is 3.42. The summed E-state index contributed by atoms with van der Waals surface area (Å²) in [6, 6.07) is 21.2. The van der Waals surface area contributed by atoms with Gasteiger partial charge in [0.25, 0.3) is 0 Å². The summed E-state index contributed by atoms with van der Waals surface area (Å²) in [6.07, 6.45) is 5.67. The van der Waals surface area contributed by atoms with Gasteiger partial charge in [-0.05, 0) is 48.0 Å². The number of hydrogen-bond acceptors (Lipinski definition) is 4. The number of para-hydroxylation sites is 1. The standard InChI is InChI=1S/C24H24N2O3/c27-24(17-19-5-4-14-25-18-19)26-15-12-23(13-16-26)29-22-10-8-21(9-11-22)28-20-6-2-1-3-7-20/h1-11,14,18,23H,12-13,15-17H2. The van der Waals surface area contributed by atoms with Crippen LogP contribution in [0, 0.1) is 0 Å². The second kappa shape index (κ2) is 9.24. The predicted molar refractivity (Wildman–Crippen MR) is 111 cm³/mol. The zero-order valence-corrected chi connectivity index (χ0v) is 16.2. The van der Waals surface area contributed by atoms with Crippen LogP contribution in [-0.2, 0) is 11.2 Å². The quantitative estimate of drug-likeness (QED) is 0.624. The Morgan fingerprint density at radius 1 is 0.897 bits per heavy atom. The minimum absolute atomic E-state index is 0.123. The van der Waals surface area contributed by atoms with Crippen LogP contribution >= 0.6 is 0 Å². The Balaban J connectivity index is 1.24. The van der Waals surface area contributed by atoms with Gasteiger partial charge in [0.05, 0.1) is 6.42 Å². The molecule has 0 bridgehead atoms. The normalized spacial score (nSPS) is 14.4. The summed E-state index contributed by atoms with van der Waals surface area (Å²) in [5.41, 5.74) is 0.952. The van der Waals surface area contributed by atoms with E-state index in [9.17, 15) is 4.79 Å². The smallest absolute Gasteiger partial charge is 0.227 e. The maximum atomic E-state index is 12.5. The molecule has 0 spiro atoms. The molecular formula is C24H24N2O3. The minimum atomic E-state index is 0.123. The van der Waals surface area contributed by atoms with Crippen LogP contribution in [0.3, 0.4) is 0 Å². The molecule has 1 fully saturated rings. The number of likely N-dealkylation sites (tertiary alicyclic amines) is 1. The second-order valence-corrected chi connectivity index (χ2v) is 7.12. The molecule has 0 unspecified atom stereocenters. The highest BCUT2D eigenvalue weighted by molar-refractivity contribution is 5.78. The predicted octanol–water partition coefficient (Wildman–Crippen LogP) is 4.49. The van der Waals surface area contributed by atoms with E-state index in [-0.39, 0.29) is 12.0 Å². The Hall–Kier alpha value is -3.34. The van der Waals surface area contributed by atoms with Crippen molar-refractivity contribution in [3.05, 3.63) is 84.7 Å². The molecule has 5 nitrogen and oxygen atoms in total.